The van der Waals surface area contributed by atoms with E-state index in [4.69, 9.17) is 11.0 Å². The maximum atomic E-state index is 8.62. The zero-order chi connectivity index (χ0) is 12.0. The maximum Gasteiger partial charge on any atom is 0.180 e. The van der Waals surface area contributed by atoms with E-state index in [9.17, 15) is 0 Å². The van der Waals surface area contributed by atoms with Crippen molar-refractivity contribution in [2.45, 2.75) is 13.8 Å². The number of hydrogen-bond acceptors (Lipinski definition) is 4. The molecular formula is C12H13N3S. The molecule has 0 unspecified atom stereocenters. The zero-order valence-corrected chi connectivity index (χ0v) is 10.1. The minimum absolute atomic E-state index is 0.560. The summed E-state index contributed by atoms with van der Waals surface area (Å²) in [5.74, 6) is 0. The Kier molecular flexibility index (Phi) is 4.49. The number of nitrogens with zero attached hydrogens (tertiary/aromatic N) is 2. The average Bonchev–Trinajstić information content (AvgIpc) is 2.79. The average molecular weight is 231 g/mol. The molecule has 0 saturated heterocycles. The van der Waals surface area contributed by atoms with Crippen molar-refractivity contribution in [3.05, 3.63) is 35.2 Å². The molecule has 0 amide bonds. The van der Waals surface area contributed by atoms with E-state index in [2.05, 4.69) is 11.1 Å². The van der Waals surface area contributed by atoms with Gasteiger partial charge in [-0.25, -0.2) is 4.98 Å². The first kappa shape index (κ1) is 12.2. The number of benzene rings is 1. The van der Waals surface area contributed by atoms with Crippen LogP contribution in [0.2, 0.25) is 0 Å². The first-order valence-corrected chi connectivity index (χ1v) is 5.89. The van der Waals surface area contributed by atoms with Crippen LogP contribution in [0.25, 0.3) is 11.3 Å². The molecule has 0 bridgehead atoms. The molecule has 0 radical (unpaired) electrons. The molecule has 1 aromatic heterocycles. The van der Waals surface area contributed by atoms with Gasteiger partial charge in [0.05, 0.1) is 17.3 Å². The van der Waals surface area contributed by atoms with Gasteiger partial charge in [-0.15, -0.1) is 11.3 Å². The quantitative estimate of drug-likeness (QED) is 0.819. The van der Waals surface area contributed by atoms with E-state index in [0.717, 1.165) is 11.3 Å². The molecule has 0 atom stereocenters. The Morgan fingerprint density at radius 3 is 2.31 bits per heavy atom. The molecule has 4 heteroatoms. The molecule has 3 nitrogen and oxygen atoms in total. The monoisotopic (exact) mass is 231 g/mol. The molecule has 16 heavy (non-hydrogen) atoms. The van der Waals surface area contributed by atoms with Crippen LogP contribution in [-0.4, -0.2) is 4.98 Å². The molecule has 1 heterocycles. The van der Waals surface area contributed by atoms with Crippen LogP contribution in [0.5, 0.6) is 0 Å². The molecule has 0 aliphatic carbocycles. The molecule has 2 rings (SSSR count). The maximum absolute atomic E-state index is 8.62. The molecule has 0 aliphatic heterocycles. The van der Waals surface area contributed by atoms with Gasteiger partial charge < -0.3 is 5.73 Å². The normalized spacial score (nSPS) is 8.81. The van der Waals surface area contributed by atoms with Gasteiger partial charge >= 0.3 is 0 Å². The molecule has 0 saturated carbocycles. The minimum atomic E-state index is 0.560. The highest BCUT2D eigenvalue weighted by Crippen LogP contribution is 2.22. The van der Waals surface area contributed by atoms with Crippen molar-refractivity contribution in [1.29, 1.82) is 5.26 Å². The number of thiazole rings is 1. The Labute approximate surface area is 99.2 Å². The number of nitrogen functional groups attached to an aromatic ring is 1. The lowest BCUT2D eigenvalue weighted by Crippen LogP contribution is -1.83. The van der Waals surface area contributed by atoms with Gasteiger partial charge in [0.1, 0.15) is 0 Å². The Bertz CT molecular complexity index is 480. The van der Waals surface area contributed by atoms with Gasteiger partial charge in [0, 0.05) is 10.9 Å². The van der Waals surface area contributed by atoms with Gasteiger partial charge in [-0.3, -0.25) is 0 Å². The van der Waals surface area contributed by atoms with E-state index in [1.807, 2.05) is 31.4 Å². The number of aromatic nitrogens is 1. The lowest BCUT2D eigenvalue weighted by Gasteiger charge is -1.95. The summed E-state index contributed by atoms with van der Waals surface area (Å²) in [5, 5.41) is 11.1. The summed E-state index contributed by atoms with van der Waals surface area (Å²) in [5.41, 5.74) is 8.02. The Hall–Kier alpha value is -1.86. The molecule has 0 fully saturated rings. The van der Waals surface area contributed by atoms with Crippen LogP contribution < -0.4 is 5.73 Å². The Morgan fingerprint density at radius 1 is 1.25 bits per heavy atom. The van der Waals surface area contributed by atoms with Crippen molar-refractivity contribution in [3.8, 4) is 17.3 Å². The second-order valence-corrected chi connectivity index (χ2v) is 3.65. The van der Waals surface area contributed by atoms with Gasteiger partial charge in [0.25, 0.3) is 0 Å². The minimum Gasteiger partial charge on any atom is -0.375 e. The first-order chi connectivity index (χ1) is 7.79. The highest BCUT2D eigenvalue weighted by Gasteiger charge is 2.01. The van der Waals surface area contributed by atoms with E-state index < -0.39 is 0 Å². The molecule has 2 N–H and O–H groups in total. The van der Waals surface area contributed by atoms with E-state index in [0.29, 0.717) is 10.7 Å². The summed E-state index contributed by atoms with van der Waals surface area (Å²) in [7, 11) is 0. The highest BCUT2D eigenvalue weighted by atomic mass is 32.1. The summed E-state index contributed by atoms with van der Waals surface area (Å²) in [6, 6.07) is 9.34. The number of nitrogens with two attached hydrogens (primary N) is 1. The fourth-order valence-electron chi connectivity index (χ4n) is 1.14. The lowest BCUT2D eigenvalue weighted by atomic mass is 10.1. The van der Waals surface area contributed by atoms with Crippen LogP contribution >= 0.6 is 11.3 Å². The highest BCUT2D eigenvalue weighted by molar-refractivity contribution is 7.13. The zero-order valence-electron chi connectivity index (χ0n) is 9.27. The number of nitriles is 1. The molecule has 0 spiro atoms. The van der Waals surface area contributed by atoms with Gasteiger partial charge in [-0.1, -0.05) is 26.0 Å². The van der Waals surface area contributed by atoms with Crippen LogP contribution in [0.15, 0.2) is 29.6 Å². The van der Waals surface area contributed by atoms with Crippen molar-refractivity contribution < 1.29 is 0 Å². The third kappa shape index (κ3) is 2.81. The second kappa shape index (κ2) is 5.89. The van der Waals surface area contributed by atoms with Gasteiger partial charge in [0.2, 0.25) is 0 Å². The number of anilines is 1. The Balaban J connectivity index is 0.000000606. The van der Waals surface area contributed by atoms with Crippen LogP contribution in [0.4, 0.5) is 5.13 Å². The fourth-order valence-corrected chi connectivity index (χ4v) is 1.71. The van der Waals surface area contributed by atoms with Crippen LogP contribution in [0.3, 0.4) is 0 Å². The SMILES string of the molecule is CC.N#Cc1ccc(-c2csc(N)n2)cc1. The number of hydrogen-bond donors (Lipinski definition) is 1. The smallest absolute Gasteiger partial charge is 0.180 e. The topological polar surface area (TPSA) is 62.7 Å². The second-order valence-electron chi connectivity index (χ2n) is 2.76. The van der Waals surface area contributed by atoms with E-state index in [-0.39, 0.29) is 0 Å². The Morgan fingerprint density at radius 2 is 1.88 bits per heavy atom. The predicted molar refractivity (Wildman–Crippen MR) is 68.0 cm³/mol. The van der Waals surface area contributed by atoms with Gasteiger partial charge in [-0.2, -0.15) is 5.26 Å². The van der Waals surface area contributed by atoms with Crippen LogP contribution in [-0.2, 0) is 0 Å². The summed E-state index contributed by atoms with van der Waals surface area (Å²) in [6.07, 6.45) is 0. The van der Waals surface area contributed by atoms with E-state index >= 15 is 0 Å². The first-order valence-electron chi connectivity index (χ1n) is 5.01. The standard InChI is InChI=1S/C10H7N3S.C2H6/c11-5-7-1-3-8(4-2-7)9-6-14-10(12)13-9;1-2/h1-4,6H,(H2,12,13);1-2H3. The van der Waals surface area contributed by atoms with Gasteiger partial charge in [0.15, 0.2) is 5.13 Å². The van der Waals surface area contributed by atoms with Crippen molar-refractivity contribution in [3.63, 3.8) is 0 Å². The molecule has 82 valence electrons. The lowest BCUT2D eigenvalue weighted by molar-refractivity contribution is 1.40. The number of rotatable bonds is 1. The molecule has 0 aliphatic rings. The van der Waals surface area contributed by atoms with E-state index in [1.165, 1.54) is 11.3 Å². The summed E-state index contributed by atoms with van der Waals surface area (Å²) in [6.45, 7) is 4.00. The van der Waals surface area contributed by atoms with Crippen molar-refractivity contribution in [2.75, 3.05) is 5.73 Å². The molecule has 1 aromatic carbocycles. The largest absolute Gasteiger partial charge is 0.375 e. The van der Waals surface area contributed by atoms with Gasteiger partial charge in [-0.05, 0) is 12.1 Å². The molecule has 2 aromatic rings. The summed E-state index contributed by atoms with van der Waals surface area (Å²) in [4.78, 5) is 4.15. The third-order valence-electron chi connectivity index (χ3n) is 1.83. The molecular weight excluding hydrogens is 218 g/mol. The van der Waals surface area contributed by atoms with Crippen molar-refractivity contribution in [1.82, 2.24) is 4.98 Å². The third-order valence-corrected chi connectivity index (χ3v) is 2.51. The van der Waals surface area contributed by atoms with Crippen molar-refractivity contribution >= 4 is 16.5 Å². The van der Waals surface area contributed by atoms with Crippen LogP contribution in [0.1, 0.15) is 19.4 Å². The van der Waals surface area contributed by atoms with Crippen molar-refractivity contribution in [2.24, 2.45) is 0 Å². The summed E-state index contributed by atoms with van der Waals surface area (Å²) < 4.78 is 0. The van der Waals surface area contributed by atoms with E-state index in [1.54, 1.807) is 12.1 Å². The summed E-state index contributed by atoms with van der Waals surface area (Å²) >= 11 is 1.41. The fraction of sp³-hybridized carbons (Fsp3) is 0.167. The predicted octanol–water partition coefficient (Wildman–Crippen LogP) is 3.29. The van der Waals surface area contributed by atoms with Crippen LogP contribution in [0, 0.1) is 11.3 Å².